The van der Waals surface area contributed by atoms with E-state index in [1.165, 1.54) is 13.8 Å². The van der Waals surface area contributed by atoms with Gasteiger partial charge in [0, 0.05) is 19.8 Å². The molecule has 0 bridgehead atoms. The summed E-state index contributed by atoms with van der Waals surface area (Å²) < 4.78 is 14.9. The van der Waals surface area contributed by atoms with Crippen LogP contribution in [-0.4, -0.2) is 53.4 Å². The monoisotopic (exact) mass is 262 g/mol. The molecule has 0 aliphatic carbocycles. The van der Waals surface area contributed by atoms with Gasteiger partial charge in [-0.15, -0.1) is 0 Å². The molecule has 1 fully saturated rings. The van der Waals surface area contributed by atoms with Crippen molar-refractivity contribution in [2.24, 2.45) is 5.92 Å². The highest BCUT2D eigenvalue weighted by Crippen LogP contribution is 2.27. The molecule has 1 heterocycles. The number of rotatable bonds is 3. The van der Waals surface area contributed by atoms with Gasteiger partial charge in [-0.25, -0.2) is 0 Å². The van der Waals surface area contributed by atoms with Crippen LogP contribution < -0.4 is 0 Å². The first kappa shape index (κ1) is 14.9. The van der Waals surface area contributed by atoms with E-state index in [0.29, 0.717) is 0 Å². The number of carbonyl (C=O) groups excluding carboxylic acids is 2. The normalized spacial score (nSPS) is 35.9. The maximum absolute atomic E-state index is 10.9. The zero-order chi connectivity index (χ0) is 13.9. The van der Waals surface area contributed by atoms with E-state index in [4.69, 9.17) is 14.2 Å². The van der Waals surface area contributed by atoms with Crippen molar-refractivity contribution in [2.75, 3.05) is 6.61 Å². The molecule has 0 aromatic heterocycles. The first-order chi connectivity index (χ1) is 8.32. The molecule has 18 heavy (non-hydrogen) atoms. The van der Waals surface area contributed by atoms with Gasteiger partial charge in [-0.1, -0.05) is 6.92 Å². The Morgan fingerprint density at radius 3 is 2.28 bits per heavy atom. The molecule has 7 heteroatoms. The molecule has 1 saturated heterocycles. The number of ether oxygens (including phenoxy) is 3. The number of hydrogen-bond acceptors (Lipinski definition) is 7. The van der Waals surface area contributed by atoms with Gasteiger partial charge in [-0.2, -0.15) is 0 Å². The predicted molar refractivity (Wildman–Crippen MR) is 58.2 cm³/mol. The zero-order valence-electron chi connectivity index (χ0n) is 10.5. The van der Waals surface area contributed by atoms with Crippen molar-refractivity contribution in [3.8, 4) is 0 Å². The molecule has 2 N–H and O–H groups in total. The molecule has 5 atom stereocenters. The number of aliphatic hydroxyl groups is 2. The Balaban J connectivity index is 2.67. The summed E-state index contributed by atoms with van der Waals surface area (Å²) in [5.74, 6) is -1.65. The van der Waals surface area contributed by atoms with Gasteiger partial charge < -0.3 is 24.4 Å². The van der Waals surface area contributed by atoms with Crippen molar-refractivity contribution in [3.05, 3.63) is 0 Å². The maximum Gasteiger partial charge on any atom is 0.304 e. The van der Waals surface area contributed by atoms with Crippen LogP contribution in [0.5, 0.6) is 0 Å². The molecule has 1 aliphatic rings. The third kappa shape index (κ3) is 3.66. The second kappa shape index (κ2) is 6.12. The lowest BCUT2D eigenvalue weighted by molar-refractivity contribution is -0.274. The van der Waals surface area contributed by atoms with Gasteiger partial charge in [0.2, 0.25) is 6.29 Å². The smallest absolute Gasteiger partial charge is 0.304 e. The highest BCUT2D eigenvalue weighted by Gasteiger charge is 2.44. The number of hydrogen-bond donors (Lipinski definition) is 2. The van der Waals surface area contributed by atoms with E-state index < -0.39 is 42.5 Å². The molecule has 0 saturated carbocycles. The van der Waals surface area contributed by atoms with Gasteiger partial charge in [0.05, 0.1) is 6.10 Å². The fraction of sp³-hybridized carbons (Fsp3) is 0.818. The van der Waals surface area contributed by atoms with Crippen molar-refractivity contribution >= 4 is 11.9 Å². The van der Waals surface area contributed by atoms with Crippen LogP contribution in [0.15, 0.2) is 0 Å². The van der Waals surface area contributed by atoms with Crippen molar-refractivity contribution in [1.82, 2.24) is 0 Å². The number of carbonyl (C=O) groups is 2. The molecule has 0 spiro atoms. The first-order valence-electron chi connectivity index (χ1n) is 5.65. The first-order valence-corrected chi connectivity index (χ1v) is 5.65. The summed E-state index contributed by atoms with van der Waals surface area (Å²) in [5, 5.41) is 19.6. The Labute approximate surface area is 105 Å². The maximum atomic E-state index is 10.9. The van der Waals surface area contributed by atoms with Gasteiger partial charge in [0.15, 0.2) is 0 Å². The van der Waals surface area contributed by atoms with Crippen molar-refractivity contribution in [1.29, 1.82) is 0 Å². The SMILES string of the molecule is CC(=O)OCC1OC(OC(C)=O)C(C)[C@@H](O)[C@@H]1O. The molecule has 7 nitrogen and oxygen atoms in total. The Kier molecular flexibility index (Phi) is 5.06. The summed E-state index contributed by atoms with van der Waals surface area (Å²) in [4.78, 5) is 21.6. The topological polar surface area (TPSA) is 102 Å². The average Bonchev–Trinajstić information content (AvgIpc) is 2.27. The summed E-state index contributed by atoms with van der Waals surface area (Å²) in [6, 6.07) is 0. The summed E-state index contributed by atoms with van der Waals surface area (Å²) >= 11 is 0. The summed E-state index contributed by atoms with van der Waals surface area (Å²) in [6.45, 7) is 3.81. The highest BCUT2D eigenvalue weighted by molar-refractivity contribution is 5.66. The van der Waals surface area contributed by atoms with Crippen LogP contribution in [0.25, 0.3) is 0 Å². The van der Waals surface area contributed by atoms with Gasteiger partial charge >= 0.3 is 11.9 Å². The van der Waals surface area contributed by atoms with E-state index in [9.17, 15) is 19.8 Å². The fourth-order valence-corrected chi connectivity index (χ4v) is 1.70. The van der Waals surface area contributed by atoms with E-state index in [1.807, 2.05) is 0 Å². The van der Waals surface area contributed by atoms with Gasteiger partial charge in [-0.05, 0) is 0 Å². The van der Waals surface area contributed by atoms with Crippen LogP contribution in [0, 0.1) is 5.92 Å². The molecule has 1 rings (SSSR count). The predicted octanol–water partition coefficient (Wildman–Crippen LogP) is -0.805. The van der Waals surface area contributed by atoms with Crippen LogP contribution in [-0.2, 0) is 23.8 Å². The number of aliphatic hydroxyl groups excluding tert-OH is 2. The third-order valence-corrected chi connectivity index (χ3v) is 2.74. The van der Waals surface area contributed by atoms with E-state index in [0.717, 1.165) is 0 Å². The fourth-order valence-electron chi connectivity index (χ4n) is 1.70. The van der Waals surface area contributed by atoms with Crippen LogP contribution in [0.3, 0.4) is 0 Å². The summed E-state index contributed by atoms with van der Waals surface area (Å²) in [7, 11) is 0. The molecular weight excluding hydrogens is 244 g/mol. The van der Waals surface area contributed by atoms with E-state index in [1.54, 1.807) is 6.92 Å². The zero-order valence-corrected chi connectivity index (χ0v) is 10.5. The van der Waals surface area contributed by atoms with E-state index in [-0.39, 0.29) is 6.61 Å². The highest BCUT2D eigenvalue weighted by atomic mass is 16.7. The lowest BCUT2D eigenvalue weighted by atomic mass is 9.92. The van der Waals surface area contributed by atoms with Gasteiger partial charge in [-0.3, -0.25) is 9.59 Å². The van der Waals surface area contributed by atoms with E-state index in [2.05, 4.69) is 0 Å². The van der Waals surface area contributed by atoms with Crippen LogP contribution >= 0.6 is 0 Å². The molecule has 0 radical (unpaired) electrons. The quantitative estimate of drug-likeness (QED) is 0.641. The minimum absolute atomic E-state index is 0.210. The lowest BCUT2D eigenvalue weighted by Gasteiger charge is -2.40. The Bertz CT molecular complexity index is 315. The third-order valence-electron chi connectivity index (χ3n) is 2.74. The van der Waals surface area contributed by atoms with Crippen molar-refractivity contribution < 1.29 is 34.0 Å². The van der Waals surface area contributed by atoms with Crippen molar-refractivity contribution in [3.63, 3.8) is 0 Å². The largest absolute Gasteiger partial charge is 0.463 e. The Hall–Kier alpha value is -1.18. The lowest BCUT2D eigenvalue weighted by Crippen LogP contribution is -2.56. The van der Waals surface area contributed by atoms with Crippen molar-refractivity contribution in [2.45, 2.75) is 45.4 Å². The molecular formula is C11H18O7. The van der Waals surface area contributed by atoms with Gasteiger partial charge in [0.25, 0.3) is 0 Å². The summed E-state index contributed by atoms with van der Waals surface area (Å²) in [5.41, 5.74) is 0. The standard InChI is InChI=1S/C11H18O7/c1-5-9(14)10(15)8(4-16-6(2)12)18-11(5)17-7(3)13/h5,8-11,14-15H,4H2,1-3H3/t5?,8?,9-,10-,11?/m1/s1. The molecule has 0 aromatic rings. The molecule has 0 amide bonds. The average molecular weight is 262 g/mol. The van der Waals surface area contributed by atoms with Crippen LogP contribution in [0.4, 0.5) is 0 Å². The van der Waals surface area contributed by atoms with Crippen LogP contribution in [0.1, 0.15) is 20.8 Å². The van der Waals surface area contributed by atoms with E-state index >= 15 is 0 Å². The second-order valence-electron chi connectivity index (χ2n) is 4.30. The second-order valence-corrected chi connectivity index (χ2v) is 4.30. The Morgan fingerprint density at radius 2 is 1.78 bits per heavy atom. The minimum atomic E-state index is -1.20. The Morgan fingerprint density at radius 1 is 1.17 bits per heavy atom. The molecule has 3 unspecified atom stereocenters. The minimum Gasteiger partial charge on any atom is -0.463 e. The number of esters is 2. The molecule has 104 valence electrons. The molecule has 1 aliphatic heterocycles. The summed E-state index contributed by atoms with van der Waals surface area (Å²) in [6.07, 6.45) is -4.22. The van der Waals surface area contributed by atoms with Gasteiger partial charge in [0.1, 0.15) is 18.8 Å². The van der Waals surface area contributed by atoms with Crippen LogP contribution in [0.2, 0.25) is 0 Å². The molecule has 0 aromatic carbocycles.